The molecule has 0 amide bonds. The van der Waals surface area contributed by atoms with E-state index in [9.17, 15) is 12.8 Å². The maximum atomic E-state index is 13.9. The third-order valence-electron chi connectivity index (χ3n) is 3.04. The summed E-state index contributed by atoms with van der Waals surface area (Å²) in [5, 5.41) is -0.903. The molecule has 0 heterocycles. The summed E-state index contributed by atoms with van der Waals surface area (Å²) in [6.07, 6.45) is 1.07. The molecule has 1 aromatic carbocycles. The average Bonchev–Trinajstić information content (AvgIpc) is 2.35. The van der Waals surface area contributed by atoms with E-state index in [1.807, 2.05) is 0 Å². The number of ether oxygens (including phenoxy) is 2. The number of sulfone groups is 1. The van der Waals surface area contributed by atoms with Crippen LogP contribution in [0.4, 0.5) is 4.39 Å². The maximum absolute atomic E-state index is 13.9. The number of hydrogen-bond donors (Lipinski definition) is 1. The van der Waals surface area contributed by atoms with Crippen molar-refractivity contribution in [1.82, 2.24) is 0 Å². The second-order valence-electron chi connectivity index (χ2n) is 4.29. The van der Waals surface area contributed by atoms with Crippen molar-refractivity contribution >= 4 is 9.84 Å². The molecular weight excluding hydrogens is 273 g/mol. The molecule has 0 radical (unpaired) electrons. The van der Waals surface area contributed by atoms with Crippen LogP contribution >= 0.6 is 0 Å². The summed E-state index contributed by atoms with van der Waals surface area (Å²) in [4.78, 5) is 0. The minimum Gasteiger partial charge on any atom is -0.493 e. The van der Waals surface area contributed by atoms with Crippen LogP contribution in [0.2, 0.25) is 0 Å². The van der Waals surface area contributed by atoms with Gasteiger partial charge in [0.05, 0.1) is 19.5 Å². The number of halogens is 1. The smallest absolute Gasteiger partial charge is 0.163 e. The Bertz CT molecular complexity index is 559. The van der Waals surface area contributed by atoms with Gasteiger partial charge < -0.3 is 15.2 Å². The fraction of sp³-hybridized carbons (Fsp3) is 0.500. The number of hydrogen-bond acceptors (Lipinski definition) is 5. The van der Waals surface area contributed by atoms with Crippen molar-refractivity contribution < 1.29 is 22.3 Å². The first-order chi connectivity index (χ1) is 8.72. The van der Waals surface area contributed by atoms with E-state index in [4.69, 9.17) is 15.2 Å². The number of methoxy groups -OCH3 is 2. The zero-order chi connectivity index (χ0) is 14.8. The van der Waals surface area contributed by atoms with Gasteiger partial charge in [0.25, 0.3) is 0 Å². The highest BCUT2D eigenvalue weighted by atomic mass is 32.2. The molecular formula is C12H18FNO4S. The first kappa shape index (κ1) is 15.7. The predicted octanol–water partition coefficient (Wildman–Crippen LogP) is 1.28. The van der Waals surface area contributed by atoms with Crippen molar-refractivity contribution in [2.75, 3.05) is 20.5 Å². The van der Waals surface area contributed by atoms with E-state index in [2.05, 4.69) is 0 Å². The second-order valence-corrected chi connectivity index (χ2v) is 6.69. The molecule has 0 aliphatic heterocycles. The van der Waals surface area contributed by atoms with Gasteiger partial charge in [-0.05, 0) is 13.0 Å². The van der Waals surface area contributed by atoms with Gasteiger partial charge in [0.1, 0.15) is 5.82 Å². The largest absolute Gasteiger partial charge is 0.493 e. The standard InChI is InChI=1S/C12H18FNO4S/c1-7(19(4,15)16)12(14)8-5-10(17-2)11(18-3)6-9(8)13/h5-7,12H,14H2,1-4H3. The van der Waals surface area contributed by atoms with E-state index >= 15 is 0 Å². The third kappa shape index (κ3) is 3.36. The minimum atomic E-state index is -3.37. The van der Waals surface area contributed by atoms with Crippen molar-refractivity contribution in [3.8, 4) is 11.5 Å². The van der Waals surface area contributed by atoms with Gasteiger partial charge in [-0.3, -0.25) is 0 Å². The molecule has 2 N–H and O–H groups in total. The minimum absolute atomic E-state index is 0.0792. The molecule has 0 aliphatic rings. The number of rotatable bonds is 5. The van der Waals surface area contributed by atoms with Gasteiger partial charge in [-0.15, -0.1) is 0 Å². The molecule has 0 aromatic heterocycles. The van der Waals surface area contributed by atoms with E-state index in [1.54, 1.807) is 0 Å². The topological polar surface area (TPSA) is 78.6 Å². The highest BCUT2D eigenvalue weighted by Gasteiger charge is 2.27. The third-order valence-corrected chi connectivity index (χ3v) is 4.69. The lowest BCUT2D eigenvalue weighted by atomic mass is 10.0. The number of nitrogens with two attached hydrogens (primary N) is 1. The fourth-order valence-electron chi connectivity index (χ4n) is 1.64. The highest BCUT2D eigenvalue weighted by molar-refractivity contribution is 7.91. The molecule has 2 unspecified atom stereocenters. The van der Waals surface area contributed by atoms with Gasteiger partial charge in [-0.25, -0.2) is 12.8 Å². The van der Waals surface area contributed by atoms with Gasteiger partial charge in [0, 0.05) is 23.9 Å². The van der Waals surface area contributed by atoms with E-state index in [1.165, 1.54) is 27.2 Å². The first-order valence-corrected chi connectivity index (χ1v) is 7.53. The van der Waals surface area contributed by atoms with Crippen LogP contribution in [0.5, 0.6) is 11.5 Å². The maximum Gasteiger partial charge on any atom is 0.163 e. The molecule has 0 aliphatic carbocycles. The SMILES string of the molecule is COc1cc(F)c(C(N)C(C)S(C)(=O)=O)cc1OC. The molecule has 0 bridgehead atoms. The van der Waals surface area contributed by atoms with E-state index in [0.29, 0.717) is 5.75 Å². The Labute approximate surface area is 112 Å². The Morgan fingerprint density at radius 1 is 1.21 bits per heavy atom. The molecule has 0 spiro atoms. The molecule has 2 atom stereocenters. The highest BCUT2D eigenvalue weighted by Crippen LogP contribution is 2.33. The summed E-state index contributed by atoms with van der Waals surface area (Å²) >= 11 is 0. The Hall–Kier alpha value is -1.34. The van der Waals surface area contributed by atoms with Crippen molar-refractivity contribution in [1.29, 1.82) is 0 Å². The molecule has 108 valence electrons. The van der Waals surface area contributed by atoms with Crippen molar-refractivity contribution in [3.05, 3.63) is 23.5 Å². The van der Waals surface area contributed by atoms with Crippen molar-refractivity contribution in [2.45, 2.75) is 18.2 Å². The van der Waals surface area contributed by atoms with E-state index < -0.39 is 26.9 Å². The molecule has 5 nitrogen and oxygen atoms in total. The van der Waals surface area contributed by atoms with Crippen LogP contribution in [0.15, 0.2) is 12.1 Å². The molecule has 0 saturated carbocycles. The molecule has 19 heavy (non-hydrogen) atoms. The lowest BCUT2D eigenvalue weighted by molar-refractivity contribution is 0.351. The predicted molar refractivity (Wildman–Crippen MR) is 70.7 cm³/mol. The molecule has 0 saturated heterocycles. The molecule has 0 fully saturated rings. The van der Waals surface area contributed by atoms with Gasteiger partial charge in [0.15, 0.2) is 21.3 Å². The Morgan fingerprint density at radius 3 is 2.11 bits per heavy atom. The van der Waals surface area contributed by atoms with Crippen LogP contribution < -0.4 is 15.2 Å². The van der Waals surface area contributed by atoms with Gasteiger partial charge in [0.2, 0.25) is 0 Å². The summed E-state index contributed by atoms with van der Waals surface area (Å²) < 4.78 is 46.9. The number of benzene rings is 1. The Balaban J connectivity index is 3.28. The molecule has 7 heteroatoms. The normalized spacial score (nSPS) is 14.8. The average molecular weight is 291 g/mol. The molecule has 1 aromatic rings. The van der Waals surface area contributed by atoms with E-state index in [0.717, 1.165) is 12.3 Å². The Morgan fingerprint density at radius 2 is 1.68 bits per heavy atom. The van der Waals surface area contributed by atoms with Crippen LogP contribution in [0.1, 0.15) is 18.5 Å². The van der Waals surface area contributed by atoms with Gasteiger partial charge in [-0.2, -0.15) is 0 Å². The summed E-state index contributed by atoms with van der Waals surface area (Å²) in [7, 11) is -0.573. The van der Waals surface area contributed by atoms with E-state index in [-0.39, 0.29) is 11.3 Å². The van der Waals surface area contributed by atoms with Crippen molar-refractivity contribution in [2.24, 2.45) is 5.73 Å². The summed E-state index contributed by atoms with van der Waals surface area (Å²) in [5.74, 6) is -0.0985. The monoisotopic (exact) mass is 291 g/mol. The van der Waals surface area contributed by atoms with Gasteiger partial charge in [-0.1, -0.05) is 0 Å². The first-order valence-electron chi connectivity index (χ1n) is 5.58. The summed E-state index contributed by atoms with van der Waals surface area (Å²) in [6, 6.07) is 1.51. The van der Waals surface area contributed by atoms with Crippen LogP contribution in [-0.4, -0.2) is 34.1 Å². The Kier molecular flexibility index (Phi) is 4.75. The lowest BCUT2D eigenvalue weighted by Crippen LogP contribution is -2.31. The van der Waals surface area contributed by atoms with Crippen LogP contribution in [0.3, 0.4) is 0 Å². The lowest BCUT2D eigenvalue weighted by Gasteiger charge is -2.20. The quantitative estimate of drug-likeness (QED) is 0.884. The zero-order valence-corrected chi connectivity index (χ0v) is 12.1. The van der Waals surface area contributed by atoms with Crippen LogP contribution in [0, 0.1) is 5.82 Å². The zero-order valence-electron chi connectivity index (χ0n) is 11.3. The van der Waals surface area contributed by atoms with Gasteiger partial charge >= 0.3 is 0 Å². The van der Waals surface area contributed by atoms with Crippen molar-refractivity contribution in [3.63, 3.8) is 0 Å². The summed E-state index contributed by atoms with van der Waals surface area (Å²) in [5.41, 5.74) is 5.90. The van der Waals surface area contributed by atoms with Crippen LogP contribution in [-0.2, 0) is 9.84 Å². The fourth-order valence-corrected chi connectivity index (χ4v) is 2.32. The summed E-state index contributed by atoms with van der Waals surface area (Å²) in [6.45, 7) is 1.44. The van der Waals surface area contributed by atoms with Crippen LogP contribution in [0.25, 0.3) is 0 Å². The second kappa shape index (κ2) is 5.75. The molecule has 1 rings (SSSR count).